The fourth-order valence-electron chi connectivity index (χ4n) is 2.17. The van der Waals surface area contributed by atoms with E-state index in [2.05, 4.69) is 16.0 Å². The van der Waals surface area contributed by atoms with Gasteiger partial charge in [-0.1, -0.05) is 35.9 Å². The van der Waals surface area contributed by atoms with Crippen LogP contribution in [0.5, 0.6) is 0 Å². The number of hydrogen-bond acceptors (Lipinski definition) is 3. The number of rotatable bonds is 3. The van der Waals surface area contributed by atoms with Crippen LogP contribution in [0.2, 0.25) is 5.02 Å². The lowest BCUT2D eigenvalue weighted by atomic mass is 10.1. The molecule has 0 aliphatic rings. The van der Waals surface area contributed by atoms with Gasteiger partial charge in [-0.25, -0.2) is 0 Å². The fraction of sp³-hybridized carbons (Fsp3) is 0.211. The fourth-order valence-corrected chi connectivity index (χ4v) is 2.59. The van der Waals surface area contributed by atoms with Crippen LogP contribution in [0.25, 0.3) is 0 Å². The summed E-state index contributed by atoms with van der Waals surface area (Å²) >= 11 is 11.2. The third kappa shape index (κ3) is 5.54. The Hall–Kier alpha value is -2.44. The summed E-state index contributed by atoms with van der Waals surface area (Å²) in [6, 6.07) is 13.6. The van der Waals surface area contributed by atoms with Crippen molar-refractivity contribution in [3.8, 4) is 0 Å². The van der Waals surface area contributed by atoms with Crippen LogP contribution in [0.1, 0.15) is 41.5 Å². The summed E-state index contributed by atoms with van der Waals surface area (Å²) in [4.78, 5) is 24.7. The number of benzene rings is 2. The first-order valence-corrected chi connectivity index (χ1v) is 8.74. The zero-order valence-electron chi connectivity index (χ0n) is 14.7. The average molecular weight is 390 g/mol. The molecule has 2 aromatic carbocycles. The topological polar surface area (TPSA) is 70.2 Å². The molecule has 5 nitrogen and oxygen atoms in total. The van der Waals surface area contributed by atoms with Gasteiger partial charge in [-0.05, 0) is 57.3 Å². The van der Waals surface area contributed by atoms with Gasteiger partial charge in [-0.15, -0.1) is 0 Å². The number of nitrogens with one attached hydrogen (secondary N) is 3. The van der Waals surface area contributed by atoms with Crippen LogP contribution in [0.15, 0.2) is 48.5 Å². The predicted molar refractivity (Wildman–Crippen MR) is 109 cm³/mol. The Kier molecular flexibility index (Phi) is 6.34. The van der Waals surface area contributed by atoms with Crippen molar-refractivity contribution in [2.24, 2.45) is 0 Å². The highest BCUT2D eigenvalue weighted by atomic mass is 35.5. The van der Waals surface area contributed by atoms with Crippen molar-refractivity contribution in [3.63, 3.8) is 0 Å². The van der Waals surface area contributed by atoms with E-state index < -0.39 is 5.91 Å². The Labute approximate surface area is 163 Å². The maximum atomic E-state index is 12.5. The largest absolute Gasteiger partial charge is 0.347 e. The molecule has 26 heavy (non-hydrogen) atoms. The standard InChI is InChI=1S/C19H20ClN3O2S/c1-19(2,3)23-17(25)13-9-5-7-11-15(13)21-18(26)22-16(24)12-8-4-6-10-14(12)20/h4-11H,1-3H3,(H,23,25)(H2,21,22,24,26). The minimum atomic E-state index is -0.426. The normalized spacial score (nSPS) is 10.8. The highest BCUT2D eigenvalue weighted by Crippen LogP contribution is 2.17. The van der Waals surface area contributed by atoms with E-state index in [4.69, 9.17) is 23.8 Å². The Morgan fingerprint density at radius 2 is 1.50 bits per heavy atom. The van der Waals surface area contributed by atoms with Gasteiger partial charge >= 0.3 is 0 Å². The van der Waals surface area contributed by atoms with Crippen LogP contribution in [-0.2, 0) is 0 Å². The minimum absolute atomic E-state index is 0.0749. The molecule has 7 heteroatoms. The third-order valence-corrected chi connectivity index (χ3v) is 3.79. The van der Waals surface area contributed by atoms with Crippen molar-refractivity contribution < 1.29 is 9.59 Å². The van der Waals surface area contributed by atoms with Crippen molar-refractivity contribution in [1.82, 2.24) is 10.6 Å². The van der Waals surface area contributed by atoms with Crippen LogP contribution in [0, 0.1) is 0 Å². The Morgan fingerprint density at radius 3 is 2.12 bits per heavy atom. The second-order valence-corrected chi connectivity index (χ2v) is 7.45. The van der Waals surface area contributed by atoms with E-state index in [-0.39, 0.29) is 16.6 Å². The number of carbonyl (C=O) groups excluding carboxylic acids is 2. The lowest BCUT2D eigenvalue weighted by molar-refractivity contribution is 0.0919. The van der Waals surface area contributed by atoms with Gasteiger partial charge in [0.15, 0.2) is 5.11 Å². The zero-order valence-corrected chi connectivity index (χ0v) is 16.3. The van der Waals surface area contributed by atoms with Gasteiger partial charge in [0.1, 0.15) is 0 Å². The molecule has 0 atom stereocenters. The first-order valence-electron chi connectivity index (χ1n) is 7.96. The Morgan fingerprint density at radius 1 is 0.923 bits per heavy atom. The molecule has 0 heterocycles. The lowest BCUT2D eigenvalue weighted by Crippen LogP contribution is -2.41. The van der Waals surface area contributed by atoms with Crippen molar-refractivity contribution in [1.29, 1.82) is 0 Å². The highest BCUT2D eigenvalue weighted by molar-refractivity contribution is 7.80. The molecular weight excluding hydrogens is 370 g/mol. The second kappa shape index (κ2) is 8.29. The van der Waals surface area contributed by atoms with Gasteiger partial charge in [0.05, 0.1) is 21.8 Å². The molecule has 0 saturated heterocycles. The molecule has 2 rings (SSSR count). The highest BCUT2D eigenvalue weighted by Gasteiger charge is 2.18. The molecule has 0 saturated carbocycles. The molecule has 0 aliphatic heterocycles. The van der Waals surface area contributed by atoms with E-state index in [1.807, 2.05) is 20.8 Å². The summed E-state index contributed by atoms with van der Waals surface area (Å²) in [5, 5.41) is 8.76. The quantitative estimate of drug-likeness (QED) is 0.694. The lowest BCUT2D eigenvalue weighted by Gasteiger charge is -2.21. The average Bonchev–Trinajstić information content (AvgIpc) is 2.53. The van der Waals surface area contributed by atoms with E-state index in [1.54, 1.807) is 48.5 Å². The number of anilines is 1. The minimum Gasteiger partial charge on any atom is -0.347 e. The maximum Gasteiger partial charge on any atom is 0.258 e. The summed E-state index contributed by atoms with van der Waals surface area (Å²) in [6.45, 7) is 5.69. The van der Waals surface area contributed by atoms with Gasteiger partial charge in [0, 0.05) is 5.54 Å². The number of hydrogen-bond donors (Lipinski definition) is 3. The summed E-state index contributed by atoms with van der Waals surface area (Å²) in [7, 11) is 0. The first kappa shape index (κ1) is 19.9. The number of halogens is 1. The van der Waals surface area contributed by atoms with Crippen LogP contribution >= 0.6 is 23.8 Å². The van der Waals surface area contributed by atoms with Crippen molar-refractivity contribution in [2.75, 3.05) is 5.32 Å². The Bertz CT molecular complexity index is 847. The summed E-state index contributed by atoms with van der Waals surface area (Å²) in [5.41, 5.74) is 0.871. The molecule has 136 valence electrons. The SMILES string of the molecule is CC(C)(C)NC(=O)c1ccccc1NC(=S)NC(=O)c1ccccc1Cl. The number of amides is 2. The number of carbonyl (C=O) groups is 2. The van der Waals surface area contributed by atoms with Gasteiger partial charge in [-0.2, -0.15) is 0 Å². The molecule has 2 aromatic rings. The van der Waals surface area contributed by atoms with Gasteiger partial charge in [0.25, 0.3) is 11.8 Å². The van der Waals surface area contributed by atoms with Gasteiger partial charge in [-0.3, -0.25) is 14.9 Å². The monoisotopic (exact) mass is 389 g/mol. The second-order valence-electron chi connectivity index (χ2n) is 6.64. The zero-order chi connectivity index (χ0) is 19.3. The maximum absolute atomic E-state index is 12.5. The van der Waals surface area contributed by atoms with E-state index in [9.17, 15) is 9.59 Å². The number of thiocarbonyl (C=S) groups is 1. The molecule has 3 N–H and O–H groups in total. The number of para-hydroxylation sites is 1. The van der Waals surface area contributed by atoms with Crippen molar-refractivity contribution >= 4 is 46.4 Å². The first-order chi connectivity index (χ1) is 12.2. The van der Waals surface area contributed by atoms with E-state index in [1.165, 1.54) is 0 Å². The molecule has 0 radical (unpaired) electrons. The molecule has 0 bridgehead atoms. The molecule has 0 fully saturated rings. The van der Waals surface area contributed by atoms with Crippen LogP contribution in [-0.4, -0.2) is 22.5 Å². The molecule has 2 amide bonds. The molecule has 0 unspecified atom stereocenters. The predicted octanol–water partition coefficient (Wildman–Crippen LogP) is 4.00. The van der Waals surface area contributed by atoms with Crippen LogP contribution in [0.3, 0.4) is 0 Å². The Balaban J connectivity index is 2.11. The van der Waals surface area contributed by atoms with E-state index in [0.717, 1.165) is 0 Å². The molecule has 0 aromatic heterocycles. The molecule has 0 spiro atoms. The van der Waals surface area contributed by atoms with Crippen LogP contribution in [0.4, 0.5) is 5.69 Å². The van der Waals surface area contributed by atoms with Gasteiger partial charge < -0.3 is 10.6 Å². The van der Waals surface area contributed by atoms with Crippen LogP contribution < -0.4 is 16.0 Å². The van der Waals surface area contributed by atoms with Crippen molar-refractivity contribution in [3.05, 3.63) is 64.7 Å². The summed E-state index contributed by atoms with van der Waals surface area (Å²) < 4.78 is 0. The molecule has 0 aliphatic carbocycles. The summed E-state index contributed by atoms with van der Waals surface area (Å²) in [5.74, 6) is -0.662. The van der Waals surface area contributed by atoms with E-state index >= 15 is 0 Å². The third-order valence-electron chi connectivity index (χ3n) is 3.25. The molecular formula is C19H20ClN3O2S. The van der Waals surface area contributed by atoms with Crippen molar-refractivity contribution in [2.45, 2.75) is 26.3 Å². The van der Waals surface area contributed by atoms with E-state index in [0.29, 0.717) is 21.8 Å². The summed E-state index contributed by atoms with van der Waals surface area (Å²) in [6.07, 6.45) is 0. The smallest absolute Gasteiger partial charge is 0.258 e. The van der Waals surface area contributed by atoms with Gasteiger partial charge in [0.2, 0.25) is 0 Å².